The zero-order valence-electron chi connectivity index (χ0n) is 25.3. The molecule has 1 spiro atoms. The van der Waals surface area contributed by atoms with Crippen LogP contribution in [0.3, 0.4) is 0 Å². The van der Waals surface area contributed by atoms with Crippen LogP contribution in [-0.2, 0) is 40.5 Å². The van der Waals surface area contributed by atoms with Gasteiger partial charge in [0.1, 0.15) is 18.7 Å². The number of benzene rings is 1. The standard InChI is InChI=1S/C30H43ClN4O8S/c1-42-28(38)25(17-22-18-30(34-26(22)36)11-13-35(14-12-30)44(2,40)41)32-27(37)24(16-20-7-4-3-5-8-20)33-29(39)43-19-21-9-6-10-23(31)15-21/h6,9-10,15,20,22,24-25H,3-5,7-8,11-14,16-19H2,1-2H3,(H,32,37)(H,33,39)(H,34,36)/t22?,24-,25?/m0/s1. The Morgan fingerprint density at radius 2 is 1.80 bits per heavy atom. The molecule has 3 N–H and O–H groups in total. The van der Waals surface area contributed by atoms with E-state index in [9.17, 15) is 27.6 Å². The van der Waals surface area contributed by atoms with Crippen molar-refractivity contribution in [1.82, 2.24) is 20.3 Å². The van der Waals surface area contributed by atoms with E-state index in [1.807, 2.05) is 0 Å². The number of carbonyl (C=O) groups is 4. The zero-order chi connectivity index (χ0) is 31.9. The first kappa shape index (κ1) is 34.0. The molecule has 244 valence electrons. The van der Waals surface area contributed by atoms with Crippen molar-refractivity contribution in [3.05, 3.63) is 34.9 Å². The second-order valence-corrected chi connectivity index (χ2v) is 14.7. The number of nitrogens with one attached hydrogen (secondary N) is 3. The number of carbonyl (C=O) groups excluding carboxylic acids is 4. The van der Waals surface area contributed by atoms with Crippen molar-refractivity contribution in [2.75, 3.05) is 26.5 Å². The molecule has 3 atom stereocenters. The summed E-state index contributed by atoms with van der Waals surface area (Å²) in [7, 11) is -2.11. The van der Waals surface area contributed by atoms with Gasteiger partial charge >= 0.3 is 12.1 Å². The highest BCUT2D eigenvalue weighted by Gasteiger charge is 2.48. The van der Waals surface area contributed by atoms with Crippen LogP contribution >= 0.6 is 11.6 Å². The lowest BCUT2D eigenvalue weighted by Gasteiger charge is -2.38. The minimum Gasteiger partial charge on any atom is -0.467 e. The lowest BCUT2D eigenvalue weighted by molar-refractivity contribution is -0.146. The first-order valence-electron chi connectivity index (χ1n) is 15.2. The number of halogens is 1. The smallest absolute Gasteiger partial charge is 0.408 e. The molecule has 0 bridgehead atoms. The van der Waals surface area contributed by atoms with Gasteiger partial charge in [-0.15, -0.1) is 0 Å². The lowest BCUT2D eigenvalue weighted by Crippen LogP contribution is -2.53. The third-order valence-corrected chi connectivity index (χ3v) is 10.6. The van der Waals surface area contributed by atoms with Crippen molar-refractivity contribution < 1.29 is 37.1 Å². The van der Waals surface area contributed by atoms with Crippen LogP contribution in [0.15, 0.2) is 24.3 Å². The van der Waals surface area contributed by atoms with E-state index in [0.29, 0.717) is 49.4 Å². The van der Waals surface area contributed by atoms with Gasteiger partial charge in [0.15, 0.2) is 0 Å². The summed E-state index contributed by atoms with van der Waals surface area (Å²) in [6.45, 7) is 0.561. The van der Waals surface area contributed by atoms with Gasteiger partial charge in [0.2, 0.25) is 21.8 Å². The maximum Gasteiger partial charge on any atom is 0.408 e. The average Bonchev–Trinajstić information content (AvgIpc) is 3.28. The van der Waals surface area contributed by atoms with E-state index in [-0.39, 0.29) is 24.9 Å². The first-order chi connectivity index (χ1) is 20.9. The summed E-state index contributed by atoms with van der Waals surface area (Å²) >= 11 is 6.02. The van der Waals surface area contributed by atoms with Crippen LogP contribution in [-0.4, -0.2) is 80.7 Å². The highest BCUT2D eigenvalue weighted by molar-refractivity contribution is 7.88. The van der Waals surface area contributed by atoms with Gasteiger partial charge in [0.25, 0.3) is 0 Å². The molecule has 1 saturated carbocycles. The number of amides is 3. The number of rotatable bonds is 11. The molecule has 3 aliphatic rings. The lowest BCUT2D eigenvalue weighted by atomic mass is 9.82. The van der Waals surface area contributed by atoms with Crippen molar-refractivity contribution >= 4 is 45.5 Å². The van der Waals surface area contributed by atoms with E-state index in [1.165, 1.54) is 17.7 Å². The normalized spacial score (nSPS) is 22.1. The summed E-state index contributed by atoms with van der Waals surface area (Å²) in [6, 6.07) is 4.83. The third kappa shape index (κ3) is 9.31. The van der Waals surface area contributed by atoms with Gasteiger partial charge in [0, 0.05) is 29.6 Å². The highest BCUT2D eigenvalue weighted by atomic mass is 35.5. The largest absolute Gasteiger partial charge is 0.467 e. The van der Waals surface area contributed by atoms with Crippen LogP contribution in [0.1, 0.15) is 69.8 Å². The van der Waals surface area contributed by atoms with Crippen LogP contribution in [0.5, 0.6) is 0 Å². The zero-order valence-corrected chi connectivity index (χ0v) is 26.9. The van der Waals surface area contributed by atoms with Crippen LogP contribution in [0.25, 0.3) is 0 Å². The molecule has 1 aliphatic carbocycles. The highest BCUT2D eigenvalue weighted by Crippen LogP contribution is 2.37. The Bertz CT molecular complexity index is 1310. The fourth-order valence-corrected chi connectivity index (χ4v) is 7.66. The molecule has 44 heavy (non-hydrogen) atoms. The number of piperidine rings is 1. The second kappa shape index (κ2) is 14.9. The second-order valence-electron chi connectivity index (χ2n) is 12.3. The average molecular weight is 655 g/mol. The summed E-state index contributed by atoms with van der Waals surface area (Å²) in [6.07, 6.45) is 7.21. The van der Waals surface area contributed by atoms with E-state index in [0.717, 1.165) is 32.1 Å². The molecule has 1 aromatic rings. The van der Waals surface area contributed by atoms with Crippen molar-refractivity contribution in [2.24, 2.45) is 11.8 Å². The maximum absolute atomic E-state index is 13.6. The number of methoxy groups -OCH3 is 1. The molecule has 14 heteroatoms. The van der Waals surface area contributed by atoms with E-state index in [2.05, 4.69) is 16.0 Å². The summed E-state index contributed by atoms with van der Waals surface area (Å²) < 4.78 is 35.6. The number of sulfonamides is 1. The fourth-order valence-electron chi connectivity index (χ4n) is 6.60. The number of hydrogen-bond acceptors (Lipinski definition) is 8. The van der Waals surface area contributed by atoms with Crippen LogP contribution < -0.4 is 16.0 Å². The van der Waals surface area contributed by atoms with Gasteiger partial charge in [-0.2, -0.15) is 0 Å². The minimum absolute atomic E-state index is 0.0111. The van der Waals surface area contributed by atoms with Gasteiger partial charge in [-0.05, 0) is 55.7 Å². The van der Waals surface area contributed by atoms with E-state index >= 15 is 0 Å². The monoisotopic (exact) mass is 654 g/mol. The first-order valence-corrected chi connectivity index (χ1v) is 17.4. The Balaban J connectivity index is 1.40. The fraction of sp³-hybridized carbons (Fsp3) is 0.667. The van der Waals surface area contributed by atoms with E-state index < -0.39 is 51.5 Å². The molecule has 1 aromatic carbocycles. The Morgan fingerprint density at radius 1 is 1.09 bits per heavy atom. The summed E-state index contributed by atoms with van der Waals surface area (Å²) in [5.74, 6) is -1.86. The van der Waals surface area contributed by atoms with Crippen molar-refractivity contribution in [1.29, 1.82) is 0 Å². The predicted octanol–water partition coefficient (Wildman–Crippen LogP) is 2.88. The Labute approximate surface area is 264 Å². The maximum atomic E-state index is 13.6. The Morgan fingerprint density at radius 3 is 2.43 bits per heavy atom. The molecule has 2 saturated heterocycles. The van der Waals surface area contributed by atoms with Crippen LogP contribution in [0.2, 0.25) is 5.02 Å². The van der Waals surface area contributed by atoms with Gasteiger partial charge in [-0.3, -0.25) is 9.59 Å². The summed E-state index contributed by atoms with van der Waals surface area (Å²) in [5, 5.41) is 8.97. The SMILES string of the molecule is COC(=O)C(CC1CC2(CCN(S(C)(=O)=O)CC2)NC1=O)NC(=O)[C@H](CC1CCCCC1)NC(=O)OCc1cccc(Cl)c1. The van der Waals surface area contributed by atoms with Gasteiger partial charge in [-0.1, -0.05) is 55.8 Å². The summed E-state index contributed by atoms with van der Waals surface area (Å²) in [4.78, 5) is 52.2. The minimum atomic E-state index is -3.33. The van der Waals surface area contributed by atoms with Crippen molar-refractivity contribution in [3.8, 4) is 0 Å². The molecule has 2 unspecified atom stereocenters. The Kier molecular flexibility index (Phi) is 11.5. The van der Waals surface area contributed by atoms with Crippen LogP contribution in [0, 0.1) is 11.8 Å². The van der Waals surface area contributed by atoms with Gasteiger partial charge in [-0.25, -0.2) is 22.3 Å². The predicted molar refractivity (Wildman–Crippen MR) is 163 cm³/mol. The number of ether oxygens (including phenoxy) is 2. The van der Waals surface area contributed by atoms with Crippen molar-refractivity contribution in [3.63, 3.8) is 0 Å². The molecule has 12 nitrogen and oxygen atoms in total. The number of esters is 1. The molecule has 0 radical (unpaired) electrons. The molecule has 0 aromatic heterocycles. The van der Waals surface area contributed by atoms with Gasteiger partial charge in [0.05, 0.1) is 13.4 Å². The van der Waals surface area contributed by atoms with E-state index in [1.54, 1.807) is 24.3 Å². The summed E-state index contributed by atoms with van der Waals surface area (Å²) in [5.41, 5.74) is 0.132. The number of nitrogens with zero attached hydrogens (tertiary/aromatic N) is 1. The Hall–Kier alpha value is -2.90. The van der Waals surface area contributed by atoms with Crippen LogP contribution in [0.4, 0.5) is 4.79 Å². The molecule has 2 aliphatic heterocycles. The molecule has 4 rings (SSSR count). The quantitative estimate of drug-likeness (QED) is 0.307. The van der Waals surface area contributed by atoms with Gasteiger partial charge < -0.3 is 25.4 Å². The topological polar surface area (TPSA) is 160 Å². The third-order valence-electron chi connectivity index (χ3n) is 9.03. The number of hydrogen-bond donors (Lipinski definition) is 3. The molecule has 3 amide bonds. The molecular weight excluding hydrogens is 612 g/mol. The van der Waals surface area contributed by atoms with Crippen molar-refractivity contribution in [2.45, 2.75) is 88.4 Å². The molecular formula is C30H43ClN4O8S. The molecule has 2 heterocycles. The van der Waals surface area contributed by atoms with E-state index in [4.69, 9.17) is 21.1 Å². The number of alkyl carbamates (subject to hydrolysis) is 1. The molecule has 3 fully saturated rings.